The van der Waals surface area contributed by atoms with Gasteiger partial charge in [0.05, 0.1) is 22.7 Å². The van der Waals surface area contributed by atoms with E-state index in [4.69, 9.17) is 17.5 Å². The van der Waals surface area contributed by atoms with Gasteiger partial charge in [0, 0.05) is 6.04 Å². The van der Waals surface area contributed by atoms with Crippen molar-refractivity contribution in [1.82, 2.24) is 9.55 Å². The Hall–Kier alpha value is -1.60. The van der Waals surface area contributed by atoms with Crippen LogP contribution in [0.15, 0.2) is 18.2 Å². The Morgan fingerprint density at radius 3 is 2.88 bits per heavy atom. The van der Waals surface area contributed by atoms with Crippen LogP contribution in [0.25, 0.3) is 11.0 Å². The first kappa shape index (κ1) is 10.5. The largest absolute Gasteiger partial charge is 0.331 e. The van der Waals surface area contributed by atoms with Gasteiger partial charge in [-0.1, -0.05) is 6.92 Å². The van der Waals surface area contributed by atoms with Crippen molar-refractivity contribution in [2.45, 2.75) is 25.8 Å². The highest BCUT2D eigenvalue weighted by Gasteiger charge is 2.28. The van der Waals surface area contributed by atoms with Crippen molar-refractivity contribution in [2.75, 3.05) is 0 Å². The minimum Gasteiger partial charge on any atom is -0.331 e. The number of H-pyrrole nitrogens is 1. The van der Waals surface area contributed by atoms with E-state index in [-0.39, 0.29) is 0 Å². The van der Waals surface area contributed by atoms with E-state index in [1.165, 1.54) is 12.8 Å². The molecule has 0 bridgehead atoms. The number of fused-ring (bicyclic) bond motifs is 1. The number of hydrogen-bond acceptors (Lipinski definition) is 2. The van der Waals surface area contributed by atoms with E-state index in [0.717, 1.165) is 21.7 Å². The van der Waals surface area contributed by atoms with Gasteiger partial charge < -0.3 is 9.55 Å². The Labute approximate surface area is 105 Å². The smallest absolute Gasteiger partial charge is 0.178 e. The molecule has 3 nitrogen and oxygen atoms in total. The molecule has 17 heavy (non-hydrogen) atoms. The molecule has 0 amide bonds. The van der Waals surface area contributed by atoms with Crippen molar-refractivity contribution in [3.63, 3.8) is 0 Å². The zero-order chi connectivity index (χ0) is 12.0. The van der Waals surface area contributed by atoms with Crippen LogP contribution >= 0.6 is 12.2 Å². The van der Waals surface area contributed by atoms with Crippen LogP contribution in [0, 0.1) is 22.0 Å². The molecule has 1 saturated carbocycles. The molecule has 1 aliphatic rings. The maximum atomic E-state index is 8.95. The molecule has 0 radical (unpaired) electrons. The van der Waals surface area contributed by atoms with E-state index < -0.39 is 0 Å². The second-order valence-electron chi connectivity index (χ2n) is 4.87. The number of nitriles is 1. The first-order valence-electron chi connectivity index (χ1n) is 5.83. The molecule has 2 aromatic rings. The number of imidazole rings is 1. The van der Waals surface area contributed by atoms with Gasteiger partial charge >= 0.3 is 0 Å². The van der Waals surface area contributed by atoms with Crippen LogP contribution in [-0.2, 0) is 0 Å². The number of aromatic nitrogens is 2. The summed E-state index contributed by atoms with van der Waals surface area (Å²) in [6, 6.07) is 8.35. The van der Waals surface area contributed by atoms with Crippen molar-refractivity contribution < 1.29 is 0 Å². The Morgan fingerprint density at radius 1 is 1.47 bits per heavy atom. The molecule has 1 heterocycles. The maximum absolute atomic E-state index is 8.95. The Kier molecular flexibility index (Phi) is 2.30. The monoisotopic (exact) mass is 243 g/mol. The molecule has 1 aliphatic carbocycles. The summed E-state index contributed by atoms with van der Waals surface area (Å²) in [5.41, 5.74) is 2.77. The van der Waals surface area contributed by atoms with Crippen molar-refractivity contribution in [2.24, 2.45) is 5.92 Å². The first-order valence-corrected chi connectivity index (χ1v) is 6.24. The van der Waals surface area contributed by atoms with Crippen LogP contribution in [0.3, 0.4) is 0 Å². The fourth-order valence-electron chi connectivity index (χ4n) is 2.62. The van der Waals surface area contributed by atoms with E-state index >= 15 is 0 Å². The highest BCUT2D eigenvalue weighted by Crippen LogP contribution is 2.39. The zero-order valence-electron chi connectivity index (χ0n) is 9.60. The zero-order valence-corrected chi connectivity index (χ0v) is 10.4. The van der Waals surface area contributed by atoms with Gasteiger partial charge in [-0.15, -0.1) is 0 Å². The molecule has 0 spiro atoms. The maximum Gasteiger partial charge on any atom is 0.178 e. The Morgan fingerprint density at radius 2 is 2.24 bits per heavy atom. The molecule has 1 aromatic heterocycles. The number of hydrogen-bond donors (Lipinski definition) is 1. The van der Waals surface area contributed by atoms with Gasteiger partial charge in [0.25, 0.3) is 0 Å². The molecule has 4 heteroatoms. The van der Waals surface area contributed by atoms with Gasteiger partial charge in [-0.05, 0) is 49.2 Å². The van der Waals surface area contributed by atoms with Gasteiger partial charge in [-0.2, -0.15) is 5.26 Å². The van der Waals surface area contributed by atoms with Crippen LogP contribution < -0.4 is 0 Å². The van der Waals surface area contributed by atoms with E-state index in [9.17, 15) is 0 Å². The molecular weight excluding hydrogens is 230 g/mol. The van der Waals surface area contributed by atoms with E-state index in [1.807, 2.05) is 18.2 Å². The van der Waals surface area contributed by atoms with E-state index in [2.05, 4.69) is 22.5 Å². The van der Waals surface area contributed by atoms with Gasteiger partial charge in [0.1, 0.15) is 0 Å². The van der Waals surface area contributed by atoms with E-state index in [1.54, 1.807) is 0 Å². The second-order valence-corrected chi connectivity index (χ2v) is 5.26. The topological polar surface area (TPSA) is 44.5 Å². The third-order valence-corrected chi connectivity index (χ3v) is 3.86. The van der Waals surface area contributed by atoms with Gasteiger partial charge in [0.2, 0.25) is 0 Å². The number of aromatic amines is 1. The molecule has 0 atom stereocenters. The van der Waals surface area contributed by atoms with Gasteiger partial charge in [-0.25, -0.2) is 0 Å². The number of benzene rings is 1. The quantitative estimate of drug-likeness (QED) is 0.778. The van der Waals surface area contributed by atoms with Crippen LogP contribution in [0.5, 0.6) is 0 Å². The number of nitrogens with zero attached hydrogens (tertiary/aromatic N) is 2. The Bertz CT molecular complexity index is 668. The van der Waals surface area contributed by atoms with Crippen molar-refractivity contribution in [3.05, 3.63) is 28.5 Å². The fourth-order valence-corrected chi connectivity index (χ4v) is 2.98. The molecule has 0 aliphatic heterocycles. The Balaban J connectivity index is 2.19. The highest BCUT2D eigenvalue weighted by molar-refractivity contribution is 7.71. The molecular formula is C13H13N3S. The lowest BCUT2D eigenvalue weighted by molar-refractivity contribution is 0.219. The molecule has 1 N–H and O–H groups in total. The number of rotatable bonds is 1. The summed E-state index contributed by atoms with van der Waals surface area (Å²) in [6.45, 7) is 2.26. The van der Waals surface area contributed by atoms with E-state index in [0.29, 0.717) is 11.6 Å². The van der Waals surface area contributed by atoms with Crippen LogP contribution in [0.1, 0.15) is 31.4 Å². The molecule has 3 rings (SSSR count). The van der Waals surface area contributed by atoms with Crippen LogP contribution in [0.2, 0.25) is 0 Å². The summed E-state index contributed by atoms with van der Waals surface area (Å²) >= 11 is 5.37. The summed E-state index contributed by atoms with van der Waals surface area (Å²) in [5, 5.41) is 8.95. The lowest BCUT2D eigenvalue weighted by Crippen LogP contribution is -2.24. The molecule has 1 aromatic carbocycles. The van der Waals surface area contributed by atoms with Crippen molar-refractivity contribution in [3.8, 4) is 6.07 Å². The minimum absolute atomic E-state index is 0.500. The molecule has 0 unspecified atom stereocenters. The van der Waals surface area contributed by atoms with Gasteiger partial charge in [-0.3, -0.25) is 0 Å². The van der Waals surface area contributed by atoms with Gasteiger partial charge in [0.15, 0.2) is 4.77 Å². The number of nitrogens with one attached hydrogen (secondary N) is 1. The van der Waals surface area contributed by atoms with Crippen molar-refractivity contribution in [1.29, 1.82) is 5.26 Å². The lowest BCUT2D eigenvalue weighted by Gasteiger charge is -2.34. The predicted octanol–water partition coefficient (Wildman–Crippen LogP) is 3.54. The fraction of sp³-hybridized carbons (Fsp3) is 0.385. The second kappa shape index (κ2) is 3.71. The first-order chi connectivity index (χ1) is 8.19. The third-order valence-electron chi connectivity index (χ3n) is 3.56. The average Bonchev–Trinajstić information content (AvgIpc) is 2.60. The summed E-state index contributed by atoms with van der Waals surface area (Å²) in [4.78, 5) is 3.21. The normalized spacial score (nSPS) is 23.3. The molecule has 86 valence electrons. The predicted molar refractivity (Wildman–Crippen MR) is 69.3 cm³/mol. The average molecular weight is 243 g/mol. The minimum atomic E-state index is 0.500. The third kappa shape index (κ3) is 1.58. The summed E-state index contributed by atoms with van der Waals surface area (Å²) in [5.74, 6) is 0.783. The summed E-state index contributed by atoms with van der Waals surface area (Å²) < 4.78 is 2.94. The SMILES string of the molecule is CC1CC(n2c(=S)[nH]c3ccc(C#N)cc32)C1. The lowest BCUT2D eigenvalue weighted by atomic mass is 9.81. The van der Waals surface area contributed by atoms with Crippen LogP contribution in [0.4, 0.5) is 0 Å². The molecule has 1 fully saturated rings. The van der Waals surface area contributed by atoms with Crippen molar-refractivity contribution >= 4 is 23.3 Å². The van der Waals surface area contributed by atoms with Crippen LogP contribution in [-0.4, -0.2) is 9.55 Å². The summed E-state index contributed by atoms with van der Waals surface area (Å²) in [6.07, 6.45) is 2.36. The highest BCUT2D eigenvalue weighted by atomic mass is 32.1. The summed E-state index contributed by atoms with van der Waals surface area (Å²) in [7, 11) is 0. The molecule has 0 saturated heterocycles. The standard InChI is InChI=1S/C13H13N3S/c1-8-4-10(5-8)16-12-6-9(7-14)2-3-11(12)15-13(16)17/h2-3,6,8,10H,4-5H2,1H3,(H,15,17).